The molecule has 0 rings (SSSR count). The van der Waals surface area contributed by atoms with Crippen molar-refractivity contribution in [3.8, 4) is 0 Å². The number of unbranched alkanes of at least 4 members (excludes halogenated alkanes) is 1. The summed E-state index contributed by atoms with van der Waals surface area (Å²) in [4.78, 5) is 12.0. The van der Waals surface area contributed by atoms with Gasteiger partial charge in [-0.15, -0.1) is 25.6 Å². The van der Waals surface area contributed by atoms with Gasteiger partial charge in [-0.05, 0) is 19.3 Å². The Kier molecular flexibility index (Phi) is 13.7. The zero-order valence-electron chi connectivity index (χ0n) is 11.4. The van der Waals surface area contributed by atoms with Gasteiger partial charge in [0, 0.05) is 18.5 Å². The Hall–Kier alpha value is -0.800. The molecular formula is C14H27ClN2O. The molecule has 0 aliphatic rings. The number of halogens is 1. The van der Waals surface area contributed by atoms with Gasteiger partial charge >= 0.3 is 0 Å². The van der Waals surface area contributed by atoms with E-state index in [1.54, 1.807) is 12.2 Å². The molecule has 0 saturated carbocycles. The fourth-order valence-corrected chi connectivity index (χ4v) is 1.73. The molecule has 0 aromatic heterocycles. The monoisotopic (exact) mass is 274 g/mol. The summed E-state index contributed by atoms with van der Waals surface area (Å²) >= 11 is 0. The Morgan fingerprint density at radius 2 is 1.89 bits per heavy atom. The van der Waals surface area contributed by atoms with Crippen LogP contribution in [0.25, 0.3) is 0 Å². The van der Waals surface area contributed by atoms with Crippen molar-refractivity contribution < 1.29 is 4.79 Å². The van der Waals surface area contributed by atoms with Gasteiger partial charge in [0.25, 0.3) is 0 Å². The van der Waals surface area contributed by atoms with Gasteiger partial charge in [-0.25, -0.2) is 0 Å². The van der Waals surface area contributed by atoms with E-state index < -0.39 is 0 Å². The van der Waals surface area contributed by atoms with Crippen molar-refractivity contribution in [2.75, 3.05) is 6.54 Å². The standard InChI is InChI=1S/C14H26N2O.ClH/c1-4-7-10-13(11-15)16-14(17)12(8-5-2)9-6-3;/h5-6,12-13H,2-4,7-11,15H2,1H3,(H,16,17);1H. The summed E-state index contributed by atoms with van der Waals surface area (Å²) in [7, 11) is 0. The highest BCUT2D eigenvalue weighted by Gasteiger charge is 2.18. The second-order valence-corrected chi connectivity index (χ2v) is 4.33. The van der Waals surface area contributed by atoms with Crippen LogP contribution in [-0.2, 0) is 4.79 Å². The average Bonchev–Trinajstić information content (AvgIpc) is 2.33. The minimum atomic E-state index is -0.0549. The van der Waals surface area contributed by atoms with Crippen molar-refractivity contribution in [2.24, 2.45) is 11.7 Å². The molecule has 106 valence electrons. The van der Waals surface area contributed by atoms with Crippen LogP contribution >= 0.6 is 12.4 Å². The normalized spacial score (nSPS) is 11.5. The van der Waals surface area contributed by atoms with E-state index in [2.05, 4.69) is 25.4 Å². The lowest BCUT2D eigenvalue weighted by atomic mass is 9.99. The Balaban J connectivity index is 0. The van der Waals surface area contributed by atoms with Crippen LogP contribution in [0, 0.1) is 5.92 Å². The largest absolute Gasteiger partial charge is 0.352 e. The molecule has 0 spiro atoms. The first-order valence-electron chi connectivity index (χ1n) is 6.41. The number of rotatable bonds is 10. The van der Waals surface area contributed by atoms with E-state index in [0.29, 0.717) is 19.4 Å². The first-order valence-corrected chi connectivity index (χ1v) is 6.41. The van der Waals surface area contributed by atoms with Crippen LogP contribution in [0.15, 0.2) is 25.3 Å². The first kappa shape index (κ1) is 19.5. The average molecular weight is 275 g/mol. The molecule has 0 aliphatic heterocycles. The van der Waals surface area contributed by atoms with Gasteiger partial charge < -0.3 is 11.1 Å². The van der Waals surface area contributed by atoms with E-state index in [9.17, 15) is 4.79 Å². The summed E-state index contributed by atoms with van der Waals surface area (Å²) < 4.78 is 0. The van der Waals surface area contributed by atoms with Crippen molar-refractivity contribution in [1.82, 2.24) is 5.32 Å². The number of hydrogen-bond acceptors (Lipinski definition) is 2. The molecule has 0 aliphatic carbocycles. The fraction of sp³-hybridized carbons (Fsp3) is 0.643. The summed E-state index contributed by atoms with van der Waals surface area (Å²) in [5, 5.41) is 3.01. The van der Waals surface area contributed by atoms with Crippen LogP contribution in [0.5, 0.6) is 0 Å². The molecule has 0 bridgehead atoms. The van der Waals surface area contributed by atoms with Crippen LogP contribution in [0.4, 0.5) is 0 Å². The SMILES string of the molecule is C=CCC(CC=C)C(=O)NC(CN)CCCC.Cl. The number of nitrogens with one attached hydrogen (secondary N) is 1. The lowest BCUT2D eigenvalue weighted by Gasteiger charge is -2.20. The molecule has 0 heterocycles. The van der Waals surface area contributed by atoms with Gasteiger partial charge in [-0.3, -0.25) is 4.79 Å². The molecule has 1 atom stereocenters. The van der Waals surface area contributed by atoms with Gasteiger partial charge in [0.15, 0.2) is 0 Å². The minimum Gasteiger partial charge on any atom is -0.352 e. The number of carbonyl (C=O) groups is 1. The summed E-state index contributed by atoms with van der Waals surface area (Å²) in [5.41, 5.74) is 5.65. The van der Waals surface area contributed by atoms with Gasteiger partial charge in [-0.2, -0.15) is 0 Å². The number of amides is 1. The molecular weight excluding hydrogens is 248 g/mol. The molecule has 0 aromatic carbocycles. The highest BCUT2D eigenvalue weighted by atomic mass is 35.5. The molecule has 0 saturated heterocycles. The minimum absolute atomic E-state index is 0. The van der Waals surface area contributed by atoms with Gasteiger partial charge in [0.2, 0.25) is 5.91 Å². The maximum absolute atomic E-state index is 12.0. The summed E-state index contributed by atoms with van der Waals surface area (Å²) in [6.07, 6.45) is 8.08. The van der Waals surface area contributed by atoms with E-state index in [4.69, 9.17) is 5.73 Å². The maximum atomic E-state index is 12.0. The quantitative estimate of drug-likeness (QED) is 0.602. The van der Waals surface area contributed by atoms with Gasteiger partial charge in [0.1, 0.15) is 0 Å². The van der Waals surface area contributed by atoms with Gasteiger partial charge in [-0.1, -0.05) is 31.9 Å². The second kappa shape index (κ2) is 12.7. The van der Waals surface area contributed by atoms with Crippen molar-refractivity contribution in [3.63, 3.8) is 0 Å². The summed E-state index contributed by atoms with van der Waals surface area (Å²) in [5.74, 6) is 0.0111. The van der Waals surface area contributed by atoms with E-state index >= 15 is 0 Å². The lowest BCUT2D eigenvalue weighted by molar-refractivity contribution is -0.125. The topological polar surface area (TPSA) is 55.1 Å². The second-order valence-electron chi connectivity index (χ2n) is 4.33. The zero-order valence-corrected chi connectivity index (χ0v) is 12.2. The molecule has 0 radical (unpaired) electrons. The Bertz CT molecular complexity index is 234. The van der Waals surface area contributed by atoms with Gasteiger partial charge in [0.05, 0.1) is 0 Å². The highest BCUT2D eigenvalue weighted by Crippen LogP contribution is 2.11. The predicted octanol–water partition coefficient (Wildman–Crippen LogP) is 2.81. The van der Waals surface area contributed by atoms with E-state index in [-0.39, 0.29) is 30.3 Å². The maximum Gasteiger partial charge on any atom is 0.223 e. The Labute approximate surface area is 117 Å². The van der Waals surface area contributed by atoms with E-state index in [1.807, 2.05) is 0 Å². The third-order valence-corrected chi connectivity index (χ3v) is 2.81. The smallest absolute Gasteiger partial charge is 0.223 e. The van der Waals surface area contributed by atoms with E-state index in [0.717, 1.165) is 19.3 Å². The van der Waals surface area contributed by atoms with Crippen LogP contribution in [-0.4, -0.2) is 18.5 Å². The summed E-state index contributed by atoms with van der Waals surface area (Å²) in [6.45, 7) is 9.98. The van der Waals surface area contributed by atoms with Crippen LogP contribution in [0.1, 0.15) is 39.0 Å². The van der Waals surface area contributed by atoms with Crippen LogP contribution in [0.3, 0.4) is 0 Å². The van der Waals surface area contributed by atoms with Crippen LogP contribution < -0.4 is 11.1 Å². The molecule has 3 nitrogen and oxygen atoms in total. The van der Waals surface area contributed by atoms with E-state index in [1.165, 1.54) is 0 Å². The molecule has 0 aromatic rings. The molecule has 1 amide bonds. The third kappa shape index (κ3) is 8.31. The Morgan fingerprint density at radius 3 is 2.28 bits per heavy atom. The molecule has 1 unspecified atom stereocenters. The zero-order chi connectivity index (χ0) is 13.1. The lowest BCUT2D eigenvalue weighted by Crippen LogP contribution is -2.43. The highest BCUT2D eigenvalue weighted by molar-refractivity contribution is 5.85. The predicted molar refractivity (Wildman–Crippen MR) is 80.9 cm³/mol. The molecule has 0 fully saturated rings. The van der Waals surface area contributed by atoms with Crippen molar-refractivity contribution in [2.45, 2.75) is 45.1 Å². The number of allylic oxidation sites excluding steroid dienone is 2. The third-order valence-electron chi connectivity index (χ3n) is 2.81. The summed E-state index contributed by atoms with van der Waals surface area (Å²) in [6, 6.07) is 0.0968. The van der Waals surface area contributed by atoms with Crippen molar-refractivity contribution in [3.05, 3.63) is 25.3 Å². The number of hydrogen-bond donors (Lipinski definition) is 2. The number of nitrogens with two attached hydrogens (primary N) is 1. The van der Waals surface area contributed by atoms with Crippen molar-refractivity contribution >= 4 is 18.3 Å². The first-order chi connectivity index (χ1) is 8.19. The molecule has 18 heavy (non-hydrogen) atoms. The van der Waals surface area contributed by atoms with Crippen LogP contribution in [0.2, 0.25) is 0 Å². The number of carbonyl (C=O) groups excluding carboxylic acids is 1. The molecule has 3 N–H and O–H groups in total. The Morgan fingerprint density at radius 1 is 1.33 bits per heavy atom. The molecule has 4 heteroatoms. The van der Waals surface area contributed by atoms with Crippen molar-refractivity contribution in [1.29, 1.82) is 0 Å². The fourth-order valence-electron chi connectivity index (χ4n) is 1.73.